The lowest BCUT2D eigenvalue weighted by Crippen LogP contribution is -2.22. The van der Waals surface area contributed by atoms with Crippen LogP contribution in [0.5, 0.6) is 0 Å². The van der Waals surface area contributed by atoms with Gasteiger partial charge in [0.15, 0.2) is 11.5 Å². The van der Waals surface area contributed by atoms with Gasteiger partial charge in [0.05, 0.1) is 17.3 Å². The Hall–Kier alpha value is -2.59. The molecule has 1 aliphatic rings. The predicted octanol–water partition coefficient (Wildman–Crippen LogP) is 5.11. The van der Waals surface area contributed by atoms with Gasteiger partial charge in [0.25, 0.3) is 0 Å². The highest BCUT2D eigenvalue weighted by Gasteiger charge is 2.42. The van der Waals surface area contributed by atoms with Crippen molar-refractivity contribution in [3.8, 4) is 0 Å². The normalized spacial score (nSPS) is 14.1. The van der Waals surface area contributed by atoms with Gasteiger partial charge < -0.3 is 5.32 Å². The summed E-state index contributed by atoms with van der Waals surface area (Å²) in [7, 11) is 0. The Labute approximate surface area is 183 Å². The van der Waals surface area contributed by atoms with Gasteiger partial charge >= 0.3 is 6.18 Å². The molecule has 0 unspecified atom stereocenters. The summed E-state index contributed by atoms with van der Waals surface area (Å²) in [5.41, 5.74) is -0.370. The molecule has 12 heteroatoms. The number of halogens is 6. The molecule has 164 valence electrons. The largest absolute Gasteiger partial charge is 0.436 e. The van der Waals surface area contributed by atoms with Crippen LogP contribution in [0.25, 0.3) is 0 Å². The molecule has 1 aromatic carbocycles. The molecule has 1 N–H and O–H groups in total. The number of carbonyl (C=O) groups excluding carboxylic acids is 1. The van der Waals surface area contributed by atoms with Crippen LogP contribution in [-0.2, 0) is 24.1 Å². The Morgan fingerprint density at radius 2 is 1.97 bits per heavy atom. The molecule has 0 bridgehead atoms. The van der Waals surface area contributed by atoms with Crippen molar-refractivity contribution in [1.29, 1.82) is 0 Å². The van der Waals surface area contributed by atoms with Gasteiger partial charge in [0.1, 0.15) is 17.4 Å². The first-order valence-electron chi connectivity index (χ1n) is 9.22. The second-order valence-corrected chi connectivity index (χ2v) is 7.96. The van der Waals surface area contributed by atoms with E-state index in [1.54, 1.807) is 12.1 Å². The number of rotatable bonds is 6. The molecule has 0 saturated heterocycles. The molecule has 2 heterocycles. The highest BCUT2D eigenvalue weighted by Crippen LogP contribution is 2.46. The summed E-state index contributed by atoms with van der Waals surface area (Å²) < 4.78 is 55.2. The van der Waals surface area contributed by atoms with Crippen LogP contribution in [-0.4, -0.2) is 25.5 Å². The fraction of sp³-hybridized carbons (Fsp3) is 0.316. The smallest absolute Gasteiger partial charge is 0.306 e. The van der Waals surface area contributed by atoms with E-state index in [1.165, 1.54) is 23.0 Å². The lowest BCUT2D eigenvalue weighted by Gasteiger charge is -2.07. The van der Waals surface area contributed by atoms with E-state index in [9.17, 15) is 22.4 Å². The molecule has 6 nitrogen and oxygen atoms in total. The molecule has 0 atom stereocenters. The Morgan fingerprint density at radius 3 is 2.61 bits per heavy atom. The van der Waals surface area contributed by atoms with Crippen molar-refractivity contribution in [3.05, 3.63) is 63.3 Å². The molecule has 1 fully saturated rings. The van der Waals surface area contributed by atoms with E-state index in [-0.39, 0.29) is 29.0 Å². The average Bonchev–Trinajstić information content (AvgIpc) is 3.36. The van der Waals surface area contributed by atoms with E-state index >= 15 is 0 Å². The third-order valence-corrected chi connectivity index (χ3v) is 5.32. The highest BCUT2D eigenvalue weighted by molar-refractivity contribution is 6.33. The third-order valence-electron chi connectivity index (χ3n) is 4.67. The summed E-state index contributed by atoms with van der Waals surface area (Å²) in [5, 5.41) is 9.79. The van der Waals surface area contributed by atoms with Gasteiger partial charge in [-0.3, -0.25) is 14.2 Å². The van der Waals surface area contributed by atoms with Crippen LogP contribution < -0.4 is 5.32 Å². The summed E-state index contributed by atoms with van der Waals surface area (Å²) in [6.07, 6.45) is -1.91. The highest BCUT2D eigenvalue weighted by atomic mass is 35.5. The summed E-state index contributed by atoms with van der Waals surface area (Å²) in [6, 6.07) is 5.91. The topological polar surface area (TPSA) is 64.7 Å². The van der Waals surface area contributed by atoms with E-state index < -0.39 is 35.2 Å². The number of nitrogens with one attached hydrogen (secondary N) is 1. The maximum Gasteiger partial charge on any atom is 0.436 e. The number of benzene rings is 1. The Balaban J connectivity index is 1.49. The van der Waals surface area contributed by atoms with Gasteiger partial charge in [-0.15, -0.1) is 0 Å². The molecule has 1 aliphatic carbocycles. The zero-order chi connectivity index (χ0) is 22.3. The maximum absolute atomic E-state index is 13.3. The Bertz CT molecular complexity index is 1140. The number of aromatic nitrogens is 4. The number of amides is 1. The summed E-state index contributed by atoms with van der Waals surface area (Å²) in [6.45, 7) is -0.266. The SMILES string of the molecule is O=C(Cn1nc(C(F)(F)F)c(Cl)c1C1CC1)Nc1nn(Cc2cccc(F)c2)cc1Cl. The Morgan fingerprint density at radius 1 is 1.23 bits per heavy atom. The summed E-state index contributed by atoms with van der Waals surface area (Å²) >= 11 is 12.0. The van der Waals surface area contributed by atoms with E-state index in [2.05, 4.69) is 15.5 Å². The summed E-state index contributed by atoms with van der Waals surface area (Å²) in [4.78, 5) is 12.5. The standard InChI is InChI=1S/C19H15Cl2F4N5O/c20-13-8-29(7-10-2-1-3-12(22)6-10)28-18(13)26-14(31)9-30-16(11-4-5-11)15(21)17(27-30)19(23,24)25/h1-3,6,8,11H,4-5,7,9H2,(H,26,28,31). The molecule has 1 saturated carbocycles. The number of hydrogen-bond acceptors (Lipinski definition) is 3. The number of nitrogens with zero attached hydrogens (tertiary/aromatic N) is 4. The summed E-state index contributed by atoms with van der Waals surface area (Å²) in [5.74, 6) is -1.18. The monoisotopic (exact) mass is 475 g/mol. The van der Waals surface area contributed by atoms with Crippen LogP contribution in [0, 0.1) is 5.82 Å². The van der Waals surface area contributed by atoms with Crippen molar-refractivity contribution in [2.45, 2.75) is 38.0 Å². The first-order chi connectivity index (χ1) is 14.6. The molecule has 0 radical (unpaired) electrons. The van der Waals surface area contributed by atoms with E-state index in [0.29, 0.717) is 18.4 Å². The molecule has 3 aromatic rings. The van der Waals surface area contributed by atoms with Gasteiger partial charge in [-0.2, -0.15) is 23.4 Å². The lowest BCUT2D eigenvalue weighted by molar-refractivity contribution is -0.141. The predicted molar refractivity (Wildman–Crippen MR) is 106 cm³/mol. The van der Waals surface area contributed by atoms with Gasteiger partial charge in [-0.05, 0) is 30.5 Å². The first kappa shape index (κ1) is 21.6. The van der Waals surface area contributed by atoms with Crippen LogP contribution in [0.2, 0.25) is 10.0 Å². The average molecular weight is 476 g/mol. The number of alkyl halides is 3. The minimum absolute atomic E-state index is 0.0327. The fourth-order valence-corrected chi connectivity index (χ4v) is 3.79. The van der Waals surface area contributed by atoms with Crippen molar-refractivity contribution in [2.24, 2.45) is 0 Å². The van der Waals surface area contributed by atoms with E-state index in [1.807, 2.05) is 0 Å². The number of hydrogen-bond donors (Lipinski definition) is 1. The minimum atomic E-state index is -4.72. The van der Waals surface area contributed by atoms with Crippen molar-refractivity contribution < 1.29 is 22.4 Å². The van der Waals surface area contributed by atoms with Crippen molar-refractivity contribution in [3.63, 3.8) is 0 Å². The molecule has 2 aromatic heterocycles. The van der Waals surface area contributed by atoms with Crippen molar-refractivity contribution in [2.75, 3.05) is 5.32 Å². The van der Waals surface area contributed by atoms with Crippen LogP contribution >= 0.6 is 23.2 Å². The maximum atomic E-state index is 13.3. The molecule has 0 aliphatic heterocycles. The second-order valence-electron chi connectivity index (χ2n) is 7.18. The number of carbonyl (C=O) groups is 1. The minimum Gasteiger partial charge on any atom is -0.306 e. The molecule has 1 amide bonds. The molecular weight excluding hydrogens is 461 g/mol. The number of anilines is 1. The first-order valence-corrected chi connectivity index (χ1v) is 9.98. The van der Waals surface area contributed by atoms with Gasteiger partial charge in [0.2, 0.25) is 5.91 Å². The third kappa shape index (κ3) is 4.85. The molecule has 0 spiro atoms. The van der Waals surface area contributed by atoms with Crippen LogP contribution in [0.4, 0.5) is 23.4 Å². The van der Waals surface area contributed by atoms with E-state index in [4.69, 9.17) is 23.2 Å². The van der Waals surface area contributed by atoms with E-state index in [0.717, 1.165) is 4.68 Å². The van der Waals surface area contributed by atoms with Crippen LogP contribution in [0.15, 0.2) is 30.5 Å². The second kappa shape index (κ2) is 8.16. The molecule has 4 rings (SSSR count). The quantitative estimate of drug-likeness (QED) is 0.503. The van der Waals surface area contributed by atoms with Crippen LogP contribution in [0.1, 0.15) is 35.7 Å². The molecule has 31 heavy (non-hydrogen) atoms. The fourth-order valence-electron chi connectivity index (χ4n) is 3.19. The zero-order valence-electron chi connectivity index (χ0n) is 15.8. The van der Waals surface area contributed by atoms with Gasteiger partial charge in [-0.1, -0.05) is 35.3 Å². The van der Waals surface area contributed by atoms with Crippen molar-refractivity contribution in [1.82, 2.24) is 19.6 Å². The van der Waals surface area contributed by atoms with Crippen LogP contribution in [0.3, 0.4) is 0 Å². The zero-order valence-corrected chi connectivity index (χ0v) is 17.3. The van der Waals surface area contributed by atoms with Gasteiger partial charge in [0, 0.05) is 12.1 Å². The molecular formula is C19H15Cl2F4N5O. The Kier molecular flexibility index (Phi) is 5.69. The van der Waals surface area contributed by atoms with Gasteiger partial charge in [-0.25, -0.2) is 4.39 Å². The van der Waals surface area contributed by atoms with Crippen molar-refractivity contribution >= 4 is 34.9 Å². The lowest BCUT2D eigenvalue weighted by atomic mass is 10.2.